The van der Waals surface area contributed by atoms with Crippen molar-refractivity contribution in [2.45, 2.75) is 13.0 Å². The molecule has 2 rings (SSSR count). The van der Waals surface area contributed by atoms with Gasteiger partial charge in [0.25, 0.3) is 0 Å². The summed E-state index contributed by atoms with van der Waals surface area (Å²) in [6.45, 7) is 1.93. The summed E-state index contributed by atoms with van der Waals surface area (Å²) in [5.74, 6) is -0.907. The Morgan fingerprint density at radius 3 is 2.62 bits per heavy atom. The third-order valence-corrected chi connectivity index (χ3v) is 3.55. The van der Waals surface area contributed by atoms with Crippen molar-refractivity contribution < 1.29 is 18.7 Å². The van der Waals surface area contributed by atoms with Crippen LogP contribution in [0.15, 0.2) is 35.5 Å². The molecule has 112 valence electrons. The van der Waals surface area contributed by atoms with Crippen molar-refractivity contribution in [1.29, 1.82) is 0 Å². The lowest BCUT2D eigenvalue weighted by Crippen LogP contribution is -2.46. The van der Waals surface area contributed by atoms with Crippen molar-refractivity contribution in [1.82, 2.24) is 10.6 Å². The molecule has 1 unspecified atom stereocenters. The van der Waals surface area contributed by atoms with E-state index in [4.69, 9.17) is 4.74 Å². The molecule has 1 aliphatic heterocycles. The lowest BCUT2D eigenvalue weighted by Gasteiger charge is -2.28. The molecule has 1 aromatic rings. The fourth-order valence-corrected chi connectivity index (χ4v) is 2.52. The van der Waals surface area contributed by atoms with Gasteiger partial charge < -0.3 is 15.4 Å². The van der Waals surface area contributed by atoms with Gasteiger partial charge in [0.05, 0.1) is 18.2 Å². The third kappa shape index (κ3) is 3.41. The molecule has 0 spiro atoms. The number of esters is 1. The van der Waals surface area contributed by atoms with E-state index in [1.165, 1.54) is 24.3 Å². The zero-order chi connectivity index (χ0) is 15.4. The monoisotopic (exact) mass is 356 g/mol. The molecule has 1 atom stereocenters. The Balaban J connectivity index is 2.46. The first-order valence-electron chi connectivity index (χ1n) is 6.36. The molecule has 0 saturated heterocycles. The Bertz CT molecular complexity index is 586. The number of urea groups is 1. The highest BCUT2D eigenvalue weighted by atomic mass is 79.9. The lowest BCUT2D eigenvalue weighted by molar-refractivity contribution is -0.139. The summed E-state index contributed by atoms with van der Waals surface area (Å²) in [6, 6.07) is 4.51. The van der Waals surface area contributed by atoms with Gasteiger partial charge in [-0.25, -0.2) is 14.0 Å². The Hall–Kier alpha value is -1.89. The Kier molecular flexibility index (Phi) is 4.95. The summed E-state index contributed by atoms with van der Waals surface area (Å²) >= 11 is 3.24. The number of amides is 2. The number of rotatable bonds is 4. The summed E-state index contributed by atoms with van der Waals surface area (Å²) < 4.78 is 18.1. The van der Waals surface area contributed by atoms with E-state index in [-0.39, 0.29) is 12.4 Å². The zero-order valence-electron chi connectivity index (χ0n) is 11.3. The first-order chi connectivity index (χ1) is 10.1. The van der Waals surface area contributed by atoms with E-state index in [9.17, 15) is 14.0 Å². The number of carbonyl (C=O) groups excluding carboxylic acids is 2. The van der Waals surface area contributed by atoms with Gasteiger partial charge in [-0.2, -0.15) is 0 Å². The van der Waals surface area contributed by atoms with Crippen LogP contribution in [0.1, 0.15) is 18.5 Å². The lowest BCUT2D eigenvalue weighted by atomic mass is 9.95. The number of hydrogen-bond donors (Lipinski definition) is 2. The summed E-state index contributed by atoms with van der Waals surface area (Å²) in [6.07, 6.45) is 0. The second-order valence-corrected chi connectivity index (χ2v) is 4.89. The molecule has 0 aliphatic carbocycles. The van der Waals surface area contributed by atoms with Crippen LogP contribution in [0.4, 0.5) is 9.18 Å². The number of benzene rings is 1. The van der Waals surface area contributed by atoms with E-state index >= 15 is 0 Å². The van der Waals surface area contributed by atoms with Gasteiger partial charge in [0.2, 0.25) is 0 Å². The van der Waals surface area contributed by atoms with Crippen LogP contribution in [-0.2, 0) is 9.53 Å². The fourth-order valence-electron chi connectivity index (χ4n) is 2.08. The predicted octanol–water partition coefficient (Wildman–Crippen LogP) is 2.39. The number of hydrogen-bond acceptors (Lipinski definition) is 3. The minimum Gasteiger partial charge on any atom is -0.463 e. The molecule has 5 nitrogen and oxygen atoms in total. The van der Waals surface area contributed by atoms with Crippen LogP contribution in [0, 0.1) is 5.82 Å². The van der Waals surface area contributed by atoms with Gasteiger partial charge in [-0.3, -0.25) is 0 Å². The number of nitrogens with one attached hydrogen (secondary N) is 2. The van der Waals surface area contributed by atoms with Crippen LogP contribution < -0.4 is 10.6 Å². The maximum atomic E-state index is 13.0. The summed E-state index contributed by atoms with van der Waals surface area (Å²) in [7, 11) is 0. The van der Waals surface area contributed by atoms with E-state index < -0.39 is 18.0 Å². The second kappa shape index (κ2) is 6.71. The second-order valence-electron chi connectivity index (χ2n) is 4.33. The molecule has 0 bridgehead atoms. The summed E-state index contributed by atoms with van der Waals surface area (Å²) in [4.78, 5) is 23.9. The molecule has 0 saturated carbocycles. The van der Waals surface area contributed by atoms with E-state index in [2.05, 4.69) is 26.6 Å². The highest BCUT2D eigenvalue weighted by molar-refractivity contribution is 9.09. The van der Waals surface area contributed by atoms with Crippen molar-refractivity contribution >= 4 is 27.9 Å². The Labute approximate surface area is 129 Å². The van der Waals surface area contributed by atoms with Crippen molar-refractivity contribution in [2.24, 2.45) is 0 Å². The van der Waals surface area contributed by atoms with Gasteiger partial charge in [-0.1, -0.05) is 28.1 Å². The van der Waals surface area contributed by atoms with Gasteiger partial charge in [-0.05, 0) is 24.6 Å². The standard InChI is InChI=1S/C14H14BrFN2O3/c1-2-21-13(19)11-10(7-15)17-14(20)18-12(11)8-3-5-9(16)6-4-8/h3-6,12H,2,7H2,1H3,(H2,17,18,20). The van der Waals surface area contributed by atoms with E-state index in [1.807, 2.05) is 0 Å². The van der Waals surface area contributed by atoms with Crippen LogP contribution in [0.25, 0.3) is 0 Å². The number of alkyl halides is 1. The number of allylic oxidation sites excluding steroid dienone is 1. The van der Waals surface area contributed by atoms with Crippen LogP contribution in [0.3, 0.4) is 0 Å². The van der Waals surface area contributed by atoms with E-state index in [0.29, 0.717) is 22.2 Å². The van der Waals surface area contributed by atoms with Crippen LogP contribution >= 0.6 is 15.9 Å². The maximum Gasteiger partial charge on any atom is 0.338 e. The Morgan fingerprint density at radius 2 is 2.05 bits per heavy atom. The van der Waals surface area contributed by atoms with E-state index in [1.54, 1.807) is 6.92 Å². The SMILES string of the molecule is CCOC(=O)C1=C(CBr)NC(=O)NC1c1ccc(F)cc1. The average molecular weight is 357 g/mol. The largest absolute Gasteiger partial charge is 0.463 e. The third-order valence-electron chi connectivity index (χ3n) is 2.99. The predicted molar refractivity (Wildman–Crippen MR) is 78.3 cm³/mol. The topological polar surface area (TPSA) is 67.4 Å². The van der Waals surface area contributed by atoms with Crippen LogP contribution in [0.2, 0.25) is 0 Å². The molecule has 0 aromatic heterocycles. The number of carbonyl (C=O) groups is 2. The molecule has 2 amide bonds. The van der Waals surface area contributed by atoms with Gasteiger partial charge in [0.1, 0.15) is 5.82 Å². The molecule has 1 aromatic carbocycles. The van der Waals surface area contributed by atoms with Crippen molar-refractivity contribution in [3.63, 3.8) is 0 Å². The van der Waals surface area contributed by atoms with Crippen molar-refractivity contribution in [3.05, 3.63) is 46.9 Å². The minimum absolute atomic E-state index is 0.224. The maximum absolute atomic E-state index is 13.0. The molecular weight excluding hydrogens is 343 g/mol. The molecule has 7 heteroatoms. The van der Waals surface area contributed by atoms with Crippen LogP contribution in [-0.4, -0.2) is 23.9 Å². The number of ether oxygens (including phenoxy) is 1. The smallest absolute Gasteiger partial charge is 0.338 e. The van der Waals surface area contributed by atoms with Gasteiger partial charge >= 0.3 is 12.0 Å². The molecule has 1 heterocycles. The molecule has 2 N–H and O–H groups in total. The number of halogens is 2. The highest BCUT2D eigenvalue weighted by Crippen LogP contribution is 2.28. The van der Waals surface area contributed by atoms with Crippen LogP contribution in [0.5, 0.6) is 0 Å². The minimum atomic E-state index is -0.675. The summed E-state index contributed by atoms with van der Waals surface area (Å²) in [5, 5.41) is 5.53. The Morgan fingerprint density at radius 1 is 1.38 bits per heavy atom. The van der Waals surface area contributed by atoms with Gasteiger partial charge in [0.15, 0.2) is 0 Å². The quantitative estimate of drug-likeness (QED) is 0.642. The molecule has 0 radical (unpaired) electrons. The zero-order valence-corrected chi connectivity index (χ0v) is 12.9. The van der Waals surface area contributed by atoms with Gasteiger partial charge in [0, 0.05) is 11.0 Å². The van der Waals surface area contributed by atoms with Gasteiger partial charge in [-0.15, -0.1) is 0 Å². The average Bonchev–Trinajstić information content (AvgIpc) is 2.47. The van der Waals surface area contributed by atoms with Crippen molar-refractivity contribution in [2.75, 3.05) is 11.9 Å². The normalized spacial score (nSPS) is 18.0. The molecule has 21 heavy (non-hydrogen) atoms. The fraction of sp³-hybridized carbons (Fsp3) is 0.286. The highest BCUT2D eigenvalue weighted by Gasteiger charge is 2.33. The molecular formula is C14H14BrFN2O3. The van der Waals surface area contributed by atoms with E-state index in [0.717, 1.165) is 0 Å². The first-order valence-corrected chi connectivity index (χ1v) is 7.48. The molecule has 1 aliphatic rings. The first kappa shape index (κ1) is 15.5. The summed E-state index contributed by atoms with van der Waals surface area (Å²) in [5.41, 5.74) is 1.35. The molecule has 0 fully saturated rings. The van der Waals surface area contributed by atoms with Crippen molar-refractivity contribution in [3.8, 4) is 0 Å².